The van der Waals surface area contributed by atoms with Gasteiger partial charge in [0.2, 0.25) is 5.91 Å². The minimum atomic E-state index is -0.408. The zero-order chi connectivity index (χ0) is 11.5. The van der Waals surface area contributed by atoms with Crippen molar-refractivity contribution in [3.63, 3.8) is 0 Å². The lowest BCUT2D eigenvalue weighted by atomic mass is 10.0. The number of hydrogen-bond donors (Lipinski definition) is 2. The molecule has 1 aromatic heterocycles. The summed E-state index contributed by atoms with van der Waals surface area (Å²) in [7, 11) is 0. The molecule has 16 heavy (non-hydrogen) atoms. The second-order valence-corrected chi connectivity index (χ2v) is 3.99. The summed E-state index contributed by atoms with van der Waals surface area (Å²) in [5.41, 5.74) is 0. The number of nitrogens with zero attached hydrogens (tertiary/aromatic N) is 1. The molecular weight excluding hydrogens is 209 g/mol. The number of aromatic nitrogens is 1. The van der Waals surface area contributed by atoms with Crippen LogP contribution in [0, 0.1) is 11.7 Å². The Balaban J connectivity index is 1.99. The highest BCUT2D eigenvalue weighted by Gasteiger charge is 2.29. The van der Waals surface area contributed by atoms with Gasteiger partial charge >= 0.3 is 0 Å². The summed E-state index contributed by atoms with van der Waals surface area (Å²) in [5, 5.41) is 5.89. The van der Waals surface area contributed by atoms with Crippen molar-refractivity contribution < 1.29 is 9.18 Å². The second kappa shape index (κ2) is 4.57. The van der Waals surface area contributed by atoms with E-state index in [-0.39, 0.29) is 17.9 Å². The largest absolute Gasteiger partial charge is 0.313 e. The van der Waals surface area contributed by atoms with Gasteiger partial charge in [-0.15, -0.1) is 0 Å². The van der Waals surface area contributed by atoms with Crippen molar-refractivity contribution in [3.05, 3.63) is 24.1 Å². The number of carbonyl (C=O) groups excluding carboxylic acids is 1. The van der Waals surface area contributed by atoms with Crippen molar-refractivity contribution in [3.8, 4) is 0 Å². The molecular formula is C11H14FN3O. The molecule has 0 radical (unpaired) electrons. The van der Waals surface area contributed by atoms with Crippen LogP contribution in [0.4, 0.5) is 10.2 Å². The van der Waals surface area contributed by atoms with E-state index in [1.54, 1.807) is 0 Å². The summed E-state index contributed by atoms with van der Waals surface area (Å²) in [6.45, 7) is 2.84. The maximum atomic E-state index is 12.6. The number of carbonyl (C=O) groups is 1. The smallest absolute Gasteiger partial charge is 0.230 e. The third-order valence-electron chi connectivity index (χ3n) is 2.84. The van der Waals surface area contributed by atoms with Crippen LogP contribution in [0.1, 0.15) is 13.3 Å². The van der Waals surface area contributed by atoms with E-state index in [1.807, 2.05) is 6.92 Å². The molecule has 86 valence electrons. The third-order valence-corrected chi connectivity index (χ3v) is 2.84. The van der Waals surface area contributed by atoms with Gasteiger partial charge in [0.05, 0.1) is 12.1 Å². The van der Waals surface area contributed by atoms with Crippen molar-refractivity contribution in [1.82, 2.24) is 10.3 Å². The number of halogens is 1. The van der Waals surface area contributed by atoms with Crippen molar-refractivity contribution in [1.29, 1.82) is 0 Å². The maximum Gasteiger partial charge on any atom is 0.230 e. The Morgan fingerprint density at radius 1 is 1.62 bits per heavy atom. The van der Waals surface area contributed by atoms with Gasteiger partial charge in [-0.1, -0.05) is 0 Å². The highest BCUT2D eigenvalue weighted by atomic mass is 19.1. The van der Waals surface area contributed by atoms with Gasteiger partial charge in [-0.25, -0.2) is 9.37 Å². The Hall–Kier alpha value is -1.49. The van der Waals surface area contributed by atoms with Crippen LogP contribution in [-0.2, 0) is 4.79 Å². The van der Waals surface area contributed by atoms with Crippen molar-refractivity contribution >= 4 is 11.7 Å². The van der Waals surface area contributed by atoms with E-state index >= 15 is 0 Å². The fourth-order valence-corrected chi connectivity index (χ4v) is 1.89. The summed E-state index contributed by atoms with van der Waals surface area (Å²) in [4.78, 5) is 15.6. The van der Waals surface area contributed by atoms with Gasteiger partial charge in [-0.3, -0.25) is 4.79 Å². The average molecular weight is 223 g/mol. The van der Waals surface area contributed by atoms with Crippen molar-refractivity contribution in [2.75, 3.05) is 11.9 Å². The lowest BCUT2D eigenvalue weighted by Gasteiger charge is -2.14. The van der Waals surface area contributed by atoms with E-state index in [9.17, 15) is 9.18 Å². The summed E-state index contributed by atoms with van der Waals surface area (Å²) in [6, 6.07) is 2.92. The Morgan fingerprint density at radius 3 is 3.00 bits per heavy atom. The number of anilines is 1. The monoisotopic (exact) mass is 223 g/mol. The molecule has 2 N–H and O–H groups in total. The van der Waals surface area contributed by atoms with Crippen LogP contribution in [0.15, 0.2) is 18.3 Å². The van der Waals surface area contributed by atoms with E-state index in [0.717, 1.165) is 19.2 Å². The predicted molar refractivity (Wildman–Crippen MR) is 58.4 cm³/mol. The fraction of sp³-hybridized carbons (Fsp3) is 0.455. The van der Waals surface area contributed by atoms with Crippen LogP contribution in [0.2, 0.25) is 0 Å². The van der Waals surface area contributed by atoms with E-state index in [2.05, 4.69) is 15.6 Å². The molecule has 5 heteroatoms. The van der Waals surface area contributed by atoms with Gasteiger partial charge in [-0.2, -0.15) is 0 Å². The molecule has 0 saturated carbocycles. The van der Waals surface area contributed by atoms with Gasteiger partial charge in [0.15, 0.2) is 0 Å². The lowest BCUT2D eigenvalue weighted by molar-refractivity contribution is -0.120. The number of pyridine rings is 1. The Morgan fingerprint density at radius 2 is 2.44 bits per heavy atom. The molecule has 2 unspecified atom stereocenters. The molecule has 1 amide bonds. The van der Waals surface area contributed by atoms with Crippen LogP contribution < -0.4 is 10.6 Å². The zero-order valence-electron chi connectivity index (χ0n) is 9.03. The molecule has 0 aliphatic carbocycles. The highest BCUT2D eigenvalue weighted by molar-refractivity contribution is 5.92. The Labute approximate surface area is 93.3 Å². The van der Waals surface area contributed by atoms with Crippen molar-refractivity contribution in [2.24, 2.45) is 5.92 Å². The molecule has 1 saturated heterocycles. The average Bonchev–Trinajstić information content (AvgIpc) is 2.68. The van der Waals surface area contributed by atoms with Crippen LogP contribution in [0.3, 0.4) is 0 Å². The molecule has 2 heterocycles. The van der Waals surface area contributed by atoms with Gasteiger partial charge in [0.1, 0.15) is 11.6 Å². The molecule has 2 rings (SSSR count). The van der Waals surface area contributed by atoms with Gasteiger partial charge in [0.25, 0.3) is 0 Å². The number of hydrogen-bond acceptors (Lipinski definition) is 3. The van der Waals surface area contributed by atoms with Gasteiger partial charge in [0, 0.05) is 6.04 Å². The first kappa shape index (κ1) is 11.0. The van der Waals surface area contributed by atoms with Crippen LogP contribution >= 0.6 is 0 Å². The molecule has 1 aromatic rings. The maximum absolute atomic E-state index is 12.6. The second-order valence-electron chi connectivity index (χ2n) is 3.99. The SMILES string of the molecule is CC1NCCC1C(=O)Nc1ccc(F)cn1. The Bertz CT molecular complexity index is 379. The molecule has 0 bridgehead atoms. The summed E-state index contributed by atoms with van der Waals surface area (Å²) >= 11 is 0. The number of rotatable bonds is 2. The molecule has 4 nitrogen and oxygen atoms in total. The summed E-state index contributed by atoms with van der Waals surface area (Å²) in [6.07, 6.45) is 1.92. The van der Waals surface area contributed by atoms with E-state index in [4.69, 9.17) is 0 Å². The quantitative estimate of drug-likeness (QED) is 0.791. The minimum Gasteiger partial charge on any atom is -0.313 e. The lowest BCUT2D eigenvalue weighted by Crippen LogP contribution is -2.32. The normalized spacial score (nSPS) is 24.4. The van der Waals surface area contributed by atoms with Crippen molar-refractivity contribution in [2.45, 2.75) is 19.4 Å². The fourth-order valence-electron chi connectivity index (χ4n) is 1.89. The predicted octanol–water partition coefficient (Wildman–Crippen LogP) is 1.16. The molecule has 1 aliphatic heterocycles. The first-order valence-electron chi connectivity index (χ1n) is 5.32. The topological polar surface area (TPSA) is 54.0 Å². The minimum absolute atomic E-state index is 0.0353. The first-order valence-corrected chi connectivity index (χ1v) is 5.32. The standard InChI is InChI=1S/C11H14FN3O/c1-7-9(4-5-13-7)11(16)15-10-3-2-8(12)6-14-10/h2-3,6-7,9,13H,4-5H2,1H3,(H,14,15,16). The highest BCUT2D eigenvalue weighted by Crippen LogP contribution is 2.17. The molecule has 1 aliphatic rings. The molecule has 0 aromatic carbocycles. The summed E-state index contributed by atoms with van der Waals surface area (Å²) < 4.78 is 12.6. The molecule has 2 atom stereocenters. The zero-order valence-corrected chi connectivity index (χ0v) is 9.03. The van der Waals surface area contributed by atoms with E-state index in [1.165, 1.54) is 12.1 Å². The molecule has 1 fully saturated rings. The number of amides is 1. The third kappa shape index (κ3) is 2.36. The van der Waals surface area contributed by atoms with Gasteiger partial charge in [-0.05, 0) is 32.0 Å². The van der Waals surface area contributed by atoms with E-state index < -0.39 is 5.82 Å². The van der Waals surface area contributed by atoms with Crippen LogP contribution in [0.25, 0.3) is 0 Å². The summed E-state index contributed by atoms with van der Waals surface area (Å²) in [5.74, 6) is -0.108. The Kier molecular flexibility index (Phi) is 3.14. The van der Waals surface area contributed by atoms with E-state index in [0.29, 0.717) is 5.82 Å². The van der Waals surface area contributed by atoms with Gasteiger partial charge < -0.3 is 10.6 Å². The van der Waals surface area contributed by atoms with Crippen LogP contribution in [-0.4, -0.2) is 23.5 Å². The van der Waals surface area contributed by atoms with Crippen LogP contribution in [0.5, 0.6) is 0 Å². The molecule has 0 spiro atoms. The first-order chi connectivity index (χ1) is 7.66. The number of nitrogens with one attached hydrogen (secondary N) is 2.